The molecule has 3 aromatic heterocycles. The first-order valence-electron chi connectivity index (χ1n) is 4.90. The molecule has 0 aliphatic rings. The molecule has 3 aromatic rings. The predicted molar refractivity (Wildman–Crippen MR) is 59.8 cm³/mol. The van der Waals surface area contributed by atoms with E-state index in [0.717, 1.165) is 0 Å². The summed E-state index contributed by atoms with van der Waals surface area (Å²) >= 11 is 0. The first-order valence-corrected chi connectivity index (χ1v) is 4.90. The molecule has 0 atom stereocenters. The number of H-pyrrole nitrogens is 2. The fourth-order valence-electron chi connectivity index (χ4n) is 1.89. The van der Waals surface area contributed by atoms with Crippen molar-refractivity contribution in [3.63, 3.8) is 0 Å². The number of nitrogens with one attached hydrogen (secondary N) is 2. The Hall–Kier alpha value is -2.51. The van der Waals surface area contributed by atoms with Crippen LogP contribution in [-0.2, 0) is 7.05 Å². The number of aryl methyl sites for hydroxylation is 2. The first-order chi connectivity index (χ1) is 8.09. The second-order valence-electron chi connectivity index (χ2n) is 3.74. The Morgan fingerprint density at radius 3 is 2.47 bits per heavy atom. The summed E-state index contributed by atoms with van der Waals surface area (Å²) in [5, 5.41) is 12.7. The van der Waals surface area contributed by atoms with Crippen LogP contribution in [0.3, 0.4) is 0 Å². The number of aromatic amines is 2. The van der Waals surface area contributed by atoms with Gasteiger partial charge in [-0.2, -0.15) is 0 Å². The van der Waals surface area contributed by atoms with Crippen molar-refractivity contribution in [2.75, 3.05) is 0 Å². The molecule has 0 unspecified atom stereocenters. The molecular weight excluding hydrogens is 224 g/mol. The van der Waals surface area contributed by atoms with Gasteiger partial charge in [-0.15, -0.1) is 5.10 Å². The molecule has 86 valence electrons. The van der Waals surface area contributed by atoms with Gasteiger partial charge in [0.05, 0.1) is 16.5 Å². The largest absolute Gasteiger partial charge is 0.272 e. The lowest BCUT2D eigenvalue weighted by molar-refractivity contribution is 0.729. The molecule has 0 amide bonds. The molecule has 17 heavy (non-hydrogen) atoms. The summed E-state index contributed by atoms with van der Waals surface area (Å²) in [4.78, 5) is 27.7. The van der Waals surface area contributed by atoms with Crippen LogP contribution in [0.2, 0.25) is 0 Å². The van der Waals surface area contributed by atoms with E-state index in [1.807, 2.05) is 0 Å². The molecule has 0 saturated carbocycles. The molecule has 0 radical (unpaired) electrons. The van der Waals surface area contributed by atoms with E-state index in [2.05, 4.69) is 25.5 Å². The van der Waals surface area contributed by atoms with Gasteiger partial charge in [0.1, 0.15) is 5.52 Å². The quantitative estimate of drug-likeness (QED) is 0.527. The van der Waals surface area contributed by atoms with Crippen molar-refractivity contribution in [1.82, 2.24) is 30.2 Å². The Balaban J connectivity index is 2.80. The number of rotatable bonds is 0. The minimum absolute atomic E-state index is 0.226. The maximum absolute atomic E-state index is 11.8. The Labute approximate surface area is 93.3 Å². The molecule has 0 bridgehead atoms. The Morgan fingerprint density at radius 1 is 1.12 bits per heavy atom. The summed E-state index contributed by atoms with van der Waals surface area (Å²) in [6.45, 7) is 1.67. The van der Waals surface area contributed by atoms with Gasteiger partial charge in [-0.05, 0) is 6.92 Å². The van der Waals surface area contributed by atoms with Gasteiger partial charge in [-0.3, -0.25) is 19.8 Å². The summed E-state index contributed by atoms with van der Waals surface area (Å²) in [7, 11) is 1.68. The maximum atomic E-state index is 11.8. The molecule has 0 spiro atoms. The van der Waals surface area contributed by atoms with E-state index in [4.69, 9.17) is 0 Å². The lowest BCUT2D eigenvalue weighted by atomic mass is 10.2. The summed E-state index contributed by atoms with van der Waals surface area (Å²) in [6, 6.07) is 0. The number of nitrogens with zero attached hydrogens (tertiary/aromatic N) is 4. The zero-order valence-corrected chi connectivity index (χ0v) is 9.11. The highest BCUT2D eigenvalue weighted by molar-refractivity contribution is 6.02. The molecule has 3 heterocycles. The third-order valence-corrected chi connectivity index (χ3v) is 2.66. The molecule has 0 aliphatic heterocycles. The fraction of sp³-hybridized carbons (Fsp3) is 0.222. The van der Waals surface area contributed by atoms with Gasteiger partial charge in [-0.25, -0.2) is 9.67 Å². The van der Waals surface area contributed by atoms with Crippen LogP contribution in [0.25, 0.3) is 21.9 Å². The molecule has 0 aromatic carbocycles. The van der Waals surface area contributed by atoms with Crippen LogP contribution in [0.5, 0.6) is 0 Å². The summed E-state index contributed by atoms with van der Waals surface area (Å²) in [5.41, 5.74) is 0.490. The van der Waals surface area contributed by atoms with Gasteiger partial charge < -0.3 is 0 Å². The van der Waals surface area contributed by atoms with Crippen molar-refractivity contribution < 1.29 is 0 Å². The van der Waals surface area contributed by atoms with Crippen molar-refractivity contribution in [3.05, 3.63) is 26.4 Å². The third kappa shape index (κ3) is 1.14. The van der Waals surface area contributed by atoms with Crippen molar-refractivity contribution >= 4 is 21.9 Å². The van der Waals surface area contributed by atoms with Crippen LogP contribution >= 0.6 is 0 Å². The SMILES string of the molecule is Cc1nc2c(nnn2C)c2c(=O)[nH][nH]c(=O)c12. The zero-order chi connectivity index (χ0) is 12.2. The van der Waals surface area contributed by atoms with E-state index in [9.17, 15) is 9.59 Å². The summed E-state index contributed by atoms with van der Waals surface area (Å²) < 4.78 is 1.46. The maximum Gasteiger partial charge on any atom is 0.272 e. The van der Waals surface area contributed by atoms with Gasteiger partial charge in [-0.1, -0.05) is 5.21 Å². The standard InChI is InChI=1S/C9H8N6O2/c1-3-4-5(9(17)13-12-8(4)16)6-7(10-3)15(2)14-11-6/h1-2H3,(H,12,16)(H,13,17). The smallest absolute Gasteiger partial charge is 0.267 e. The minimum atomic E-state index is -0.407. The monoisotopic (exact) mass is 232 g/mol. The van der Waals surface area contributed by atoms with Gasteiger partial charge in [0.15, 0.2) is 5.65 Å². The Bertz CT molecular complexity index is 855. The average molecular weight is 232 g/mol. The van der Waals surface area contributed by atoms with Crippen LogP contribution in [-0.4, -0.2) is 30.2 Å². The number of hydrogen-bond acceptors (Lipinski definition) is 5. The highest BCUT2D eigenvalue weighted by Gasteiger charge is 2.15. The van der Waals surface area contributed by atoms with E-state index >= 15 is 0 Å². The van der Waals surface area contributed by atoms with Crippen molar-refractivity contribution in [3.8, 4) is 0 Å². The fourth-order valence-corrected chi connectivity index (χ4v) is 1.89. The molecular formula is C9H8N6O2. The Morgan fingerprint density at radius 2 is 1.76 bits per heavy atom. The molecule has 8 heteroatoms. The Kier molecular flexibility index (Phi) is 1.71. The van der Waals surface area contributed by atoms with E-state index in [1.54, 1.807) is 14.0 Å². The molecule has 0 fully saturated rings. The van der Waals surface area contributed by atoms with E-state index in [1.165, 1.54) is 4.68 Å². The second-order valence-corrected chi connectivity index (χ2v) is 3.74. The predicted octanol–water partition coefficient (Wildman–Crippen LogP) is -0.798. The summed E-state index contributed by atoms with van der Waals surface area (Å²) in [5.74, 6) is 0. The normalized spacial score (nSPS) is 11.4. The molecule has 0 aliphatic carbocycles. The van der Waals surface area contributed by atoms with Crippen LogP contribution < -0.4 is 11.1 Å². The van der Waals surface area contributed by atoms with Gasteiger partial charge in [0.25, 0.3) is 11.1 Å². The highest BCUT2D eigenvalue weighted by atomic mass is 16.1. The summed E-state index contributed by atoms with van der Waals surface area (Å²) in [6.07, 6.45) is 0. The highest BCUT2D eigenvalue weighted by Crippen LogP contribution is 2.17. The van der Waals surface area contributed by atoms with Gasteiger partial charge in [0, 0.05) is 7.05 Å². The van der Waals surface area contributed by atoms with E-state index in [0.29, 0.717) is 16.9 Å². The molecule has 0 saturated heterocycles. The lowest BCUT2D eigenvalue weighted by Gasteiger charge is -2.00. The van der Waals surface area contributed by atoms with Gasteiger partial charge in [0.2, 0.25) is 0 Å². The molecule has 8 nitrogen and oxygen atoms in total. The number of pyridine rings is 1. The zero-order valence-electron chi connectivity index (χ0n) is 9.11. The second kappa shape index (κ2) is 3.00. The average Bonchev–Trinajstić information content (AvgIpc) is 2.65. The molecule has 2 N–H and O–H groups in total. The van der Waals surface area contributed by atoms with Crippen molar-refractivity contribution in [2.24, 2.45) is 7.05 Å². The van der Waals surface area contributed by atoms with E-state index < -0.39 is 11.1 Å². The van der Waals surface area contributed by atoms with E-state index in [-0.39, 0.29) is 10.8 Å². The third-order valence-electron chi connectivity index (χ3n) is 2.66. The lowest BCUT2D eigenvalue weighted by Crippen LogP contribution is -2.20. The van der Waals surface area contributed by atoms with Crippen LogP contribution in [0.1, 0.15) is 5.69 Å². The number of fused-ring (bicyclic) bond motifs is 3. The molecule has 3 rings (SSSR count). The first kappa shape index (κ1) is 9.70. The van der Waals surface area contributed by atoms with Crippen molar-refractivity contribution in [1.29, 1.82) is 0 Å². The number of hydrogen-bond donors (Lipinski definition) is 2. The van der Waals surface area contributed by atoms with Crippen molar-refractivity contribution in [2.45, 2.75) is 6.92 Å². The minimum Gasteiger partial charge on any atom is -0.267 e. The van der Waals surface area contributed by atoms with Gasteiger partial charge >= 0.3 is 0 Å². The number of aromatic nitrogens is 6. The van der Waals surface area contributed by atoms with Crippen LogP contribution in [0.15, 0.2) is 9.59 Å². The topological polar surface area (TPSA) is 109 Å². The van der Waals surface area contributed by atoms with Crippen LogP contribution in [0, 0.1) is 6.92 Å². The van der Waals surface area contributed by atoms with Crippen LogP contribution in [0.4, 0.5) is 0 Å².